The zero-order chi connectivity index (χ0) is 16.5. The van der Waals surface area contributed by atoms with E-state index in [1.54, 1.807) is 0 Å². The van der Waals surface area contributed by atoms with E-state index in [0.29, 0.717) is 0 Å². The van der Waals surface area contributed by atoms with E-state index in [-0.39, 0.29) is 11.7 Å². The van der Waals surface area contributed by atoms with Gasteiger partial charge in [0.05, 0.1) is 5.92 Å². The van der Waals surface area contributed by atoms with Crippen molar-refractivity contribution in [3.05, 3.63) is 82.9 Å². The summed E-state index contributed by atoms with van der Waals surface area (Å²) in [6.07, 6.45) is 4.40. The molecule has 1 atom stereocenters. The second-order valence-corrected chi connectivity index (χ2v) is 6.82. The summed E-state index contributed by atoms with van der Waals surface area (Å²) in [6.45, 7) is 2.22. The molecule has 0 spiro atoms. The monoisotopic (exact) mass is 314 g/mol. The van der Waals surface area contributed by atoms with E-state index in [1.807, 2.05) is 18.2 Å². The van der Waals surface area contributed by atoms with Crippen LogP contribution in [0.4, 0.5) is 0 Å². The Labute approximate surface area is 143 Å². The van der Waals surface area contributed by atoms with Crippen LogP contribution in [0.2, 0.25) is 0 Å². The highest BCUT2D eigenvalue weighted by Gasteiger charge is 2.31. The number of benzene rings is 3. The first-order valence-corrected chi connectivity index (χ1v) is 8.91. The predicted molar refractivity (Wildman–Crippen MR) is 99.8 cm³/mol. The van der Waals surface area contributed by atoms with E-state index >= 15 is 0 Å². The Morgan fingerprint density at radius 3 is 2.62 bits per heavy atom. The lowest BCUT2D eigenvalue weighted by Gasteiger charge is -2.11. The summed E-state index contributed by atoms with van der Waals surface area (Å²) < 4.78 is 0. The van der Waals surface area contributed by atoms with Crippen LogP contribution < -0.4 is 0 Å². The van der Waals surface area contributed by atoms with Crippen LogP contribution in [0.25, 0.3) is 10.8 Å². The van der Waals surface area contributed by atoms with Gasteiger partial charge in [-0.05, 0) is 46.7 Å². The van der Waals surface area contributed by atoms with Gasteiger partial charge in [-0.3, -0.25) is 4.79 Å². The van der Waals surface area contributed by atoms with Gasteiger partial charge in [-0.25, -0.2) is 0 Å². The van der Waals surface area contributed by atoms with Gasteiger partial charge in [0.1, 0.15) is 0 Å². The van der Waals surface area contributed by atoms with Crippen LogP contribution in [0.1, 0.15) is 52.7 Å². The van der Waals surface area contributed by atoms with Gasteiger partial charge in [0.25, 0.3) is 0 Å². The normalized spacial score (nSPS) is 16.5. The standard InChI is InChI=1S/C23H22O/c1-2-3-6-16-9-10-17-11-12-19(14-20(17)13-16)22-15-18-7-4-5-8-21(18)23(22)24/h4-5,7-14,22H,2-3,6,15H2,1H3. The topological polar surface area (TPSA) is 17.1 Å². The summed E-state index contributed by atoms with van der Waals surface area (Å²) >= 11 is 0. The summed E-state index contributed by atoms with van der Waals surface area (Å²) in [5.41, 5.74) is 4.63. The van der Waals surface area contributed by atoms with Crippen molar-refractivity contribution in [2.75, 3.05) is 0 Å². The Bertz CT molecular complexity index is 907. The lowest BCUT2D eigenvalue weighted by atomic mass is 9.92. The zero-order valence-corrected chi connectivity index (χ0v) is 14.1. The molecule has 24 heavy (non-hydrogen) atoms. The first-order chi connectivity index (χ1) is 11.8. The van der Waals surface area contributed by atoms with Gasteiger partial charge < -0.3 is 0 Å². The van der Waals surface area contributed by atoms with Gasteiger partial charge >= 0.3 is 0 Å². The van der Waals surface area contributed by atoms with Gasteiger partial charge in [0, 0.05) is 5.56 Å². The van der Waals surface area contributed by atoms with Crippen LogP contribution in [0.3, 0.4) is 0 Å². The van der Waals surface area contributed by atoms with Crippen molar-refractivity contribution in [3.8, 4) is 0 Å². The molecule has 1 aliphatic rings. The van der Waals surface area contributed by atoms with Gasteiger partial charge in [0.15, 0.2) is 5.78 Å². The number of hydrogen-bond donors (Lipinski definition) is 0. The van der Waals surface area contributed by atoms with Crippen molar-refractivity contribution in [2.45, 2.75) is 38.5 Å². The minimum atomic E-state index is -0.0221. The van der Waals surface area contributed by atoms with Crippen molar-refractivity contribution < 1.29 is 4.79 Å². The lowest BCUT2D eigenvalue weighted by Crippen LogP contribution is -2.06. The van der Waals surface area contributed by atoms with Gasteiger partial charge in [-0.2, -0.15) is 0 Å². The fourth-order valence-corrected chi connectivity index (χ4v) is 3.78. The number of rotatable bonds is 4. The quantitative estimate of drug-likeness (QED) is 0.603. The molecule has 1 heteroatoms. The number of Topliss-reactive ketones (excluding diaryl/α,β-unsaturated/α-hetero) is 1. The molecule has 0 aromatic heterocycles. The SMILES string of the molecule is CCCCc1ccc2ccc(C3Cc4ccccc4C3=O)cc2c1. The number of carbonyl (C=O) groups is 1. The maximum absolute atomic E-state index is 12.7. The molecule has 0 aliphatic heterocycles. The Morgan fingerprint density at radius 1 is 0.958 bits per heavy atom. The summed E-state index contributed by atoms with van der Waals surface area (Å²) in [5.74, 6) is 0.248. The number of unbranched alkanes of at least 4 members (excludes halogenated alkanes) is 1. The van der Waals surface area contributed by atoms with Crippen molar-refractivity contribution in [1.82, 2.24) is 0 Å². The van der Waals surface area contributed by atoms with Crippen LogP contribution in [0.15, 0.2) is 60.7 Å². The molecule has 0 radical (unpaired) electrons. The fourth-order valence-electron chi connectivity index (χ4n) is 3.78. The smallest absolute Gasteiger partial charge is 0.170 e. The third-order valence-electron chi connectivity index (χ3n) is 5.17. The molecule has 0 saturated heterocycles. The number of ketones is 1. The molecule has 3 aromatic rings. The van der Waals surface area contributed by atoms with E-state index in [2.05, 4.69) is 49.4 Å². The van der Waals surface area contributed by atoms with Crippen LogP contribution in [0, 0.1) is 0 Å². The first kappa shape index (κ1) is 15.1. The minimum absolute atomic E-state index is 0.0221. The van der Waals surface area contributed by atoms with E-state index in [9.17, 15) is 4.79 Å². The van der Waals surface area contributed by atoms with Gasteiger partial charge in [0.2, 0.25) is 0 Å². The molecule has 0 bridgehead atoms. The molecule has 1 aliphatic carbocycles. The molecule has 3 aromatic carbocycles. The average molecular weight is 314 g/mol. The second-order valence-electron chi connectivity index (χ2n) is 6.82. The molecule has 0 amide bonds. The molecule has 1 nitrogen and oxygen atoms in total. The largest absolute Gasteiger partial charge is 0.293 e. The van der Waals surface area contributed by atoms with E-state index in [4.69, 9.17) is 0 Å². The molecule has 4 rings (SSSR count). The maximum Gasteiger partial charge on any atom is 0.170 e. The highest BCUT2D eigenvalue weighted by atomic mass is 16.1. The first-order valence-electron chi connectivity index (χ1n) is 8.91. The van der Waals surface area contributed by atoms with Gasteiger partial charge in [-0.15, -0.1) is 0 Å². The van der Waals surface area contributed by atoms with E-state index in [1.165, 1.54) is 34.7 Å². The average Bonchev–Trinajstić information content (AvgIpc) is 2.96. The zero-order valence-electron chi connectivity index (χ0n) is 14.1. The van der Waals surface area contributed by atoms with Crippen molar-refractivity contribution in [3.63, 3.8) is 0 Å². The van der Waals surface area contributed by atoms with Crippen LogP contribution in [0.5, 0.6) is 0 Å². The van der Waals surface area contributed by atoms with Gasteiger partial charge in [-0.1, -0.05) is 74.0 Å². The summed E-state index contributed by atoms with van der Waals surface area (Å²) in [6, 6.07) is 21.3. The van der Waals surface area contributed by atoms with Crippen LogP contribution in [-0.4, -0.2) is 5.78 Å². The van der Waals surface area contributed by atoms with E-state index < -0.39 is 0 Å². The van der Waals surface area contributed by atoms with Crippen LogP contribution >= 0.6 is 0 Å². The summed E-state index contributed by atoms with van der Waals surface area (Å²) in [5, 5.41) is 2.51. The third kappa shape index (κ3) is 2.65. The molecule has 0 heterocycles. The molecule has 0 N–H and O–H groups in total. The summed E-state index contributed by atoms with van der Waals surface area (Å²) in [7, 11) is 0. The minimum Gasteiger partial charge on any atom is -0.293 e. The fraction of sp³-hybridized carbons (Fsp3) is 0.261. The van der Waals surface area contributed by atoms with Crippen molar-refractivity contribution >= 4 is 16.6 Å². The Hall–Kier alpha value is -2.41. The lowest BCUT2D eigenvalue weighted by molar-refractivity contribution is 0.0973. The number of hydrogen-bond acceptors (Lipinski definition) is 1. The van der Waals surface area contributed by atoms with Crippen molar-refractivity contribution in [1.29, 1.82) is 0 Å². The predicted octanol–water partition coefficient (Wildman–Crippen LogP) is 5.71. The Balaban J connectivity index is 1.69. The number of carbonyl (C=O) groups excluding carboxylic acids is 1. The Kier molecular flexibility index (Phi) is 3.93. The third-order valence-corrected chi connectivity index (χ3v) is 5.17. The highest BCUT2D eigenvalue weighted by molar-refractivity contribution is 6.05. The number of aryl methyl sites for hydroxylation is 1. The summed E-state index contributed by atoms with van der Waals surface area (Å²) in [4.78, 5) is 12.7. The molecule has 1 unspecified atom stereocenters. The van der Waals surface area contributed by atoms with Crippen LogP contribution in [-0.2, 0) is 12.8 Å². The molecular formula is C23H22O. The number of fused-ring (bicyclic) bond motifs is 2. The Morgan fingerprint density at radius 2 is 1.79 bits per heavy atom. The highest BCUT2D eigenvalue weighted by Crippen LogP contribution is 2.35. The second kappa shape index (κ2) is 6.24. The maximum atomic E-state index is 12.7. The molecule has 120 valence electrons. The van der Waals surface area contributed by atoms with E-state index in [0.717, 1.165) is 24.0 Å². The van der Waals surface area contributed by atoms with Crippen molar-refractivity contribution in [2.24, 2.45) is 0 Å². The molecule has 0 saturated carbocycles. The molecule has 0 fully saturated rings. The molecular weight excluding hydrogens is 292 g/mol.